The van der Waals surface area contributed by atoms with Crippen LogP contribution in [-0.2, 0) is 11.4 Å². The van der Waals surface area contributed by atoms with Gasteiger partial charge in [-0.15, -0.1) is 0 Å². The lowest BCUT2D eigenvalue weighted by Crippen LogP contribution is -2.13. The lowest BCUT2D eigenvalue weighted by molar-refractivity contribution is -0.112. The van der Waals surface area contributed by atoms with Crippen LogP contribution in [0.25, 0.3) is 6.08 Å². The van der Waals surface area contributed by atoms with Gasteiger partial charge in [0, 0.05) is 11.8 Å². The van der Waals surface area contributed by atoms with Crippen LogP contribution < -0.4 is 19.5 Å². The van der Waals surface area contributed by atoms with Gasteiger partial charge in [-0.2, -0.15) is 5.26 Å². The van der Waals surface area contributed by atoms with E-state index in [0.717, 1.165) is 0 Å². The minimum Gasteiger partial charge on any atom is -0.494 e. The van der Waals surface area contributed by atoms with E-state index in [9.17, 15) is 14.4 Å². The maximum atomic E-state index is 13.4. The zero-order valence-electron chi connectivity index (χ0n) is 18.6. The summed E-state index contributed by atoms with van der Waals surface area (Å²) < 4.78 is 30.7. The van der Waals surface area contributed by atoms with E-state index in [2.05, 4.69) is 21.2 Å². The van der Waals surface area contributed by atoms with Crippen LogP contribution in [0.4, 0.5) is 10.1 Å². The van der Waals surface area contributed by atoms with Gasteiger partial charge >= 0.3 is 0 Å². The second-order valence-electron chi connectivity index (χ2n) is 7.04. The Morgan fingerprint density at radius 3 is 2.65 bits per heavy atom. The van der Waals surface area contributed by atoms with Crippen molar-refractivity contribution in [2.45, 2.75) is 13.5 Å². The quantitative estimate of drug-likeness (QED) is 0.269. The van der Waals surface area contributed by atoms with E-state index in [1.165, 1.54) is 25.3 Å². The molecule has 0 atom stereocenters. The molecule has 8 heteroatoms. The second-order valence-corrected chi connectivity index (χ2v) is 7.89. The Kier molecular flexibility index (Phi) is 8.66. The molecule has 0 heterocycles. The fourth-order valence-electron chi connectivity index (χ4n) is 3.09. The molecule has 1 N–H and O–H groups in total. The molecule has 0 aliphatic heterocycles. The molecular weight excluding hydrogens is 503 g/mol. The summed E-state index contributed by atoms with van der Waals surface area (Å²) in [4.78, 5) is 12.7. The van der Waals surface area contributed by atoms with Crippen LogP contribution in [0, 0.1) is 17.1 Å². The Hall–Kier alpha value is -3.83. The average molecular weight is 525 g/mol. The topological polar surface area (TPSA) is 80.6 Å². The molecule has 0 saturated heterocycles. The van der Waals surface area contributed by atoms with Crippen LogP contribution in [0.15, 0.2) is 70.7 Å². The maximum Gasteiger partial charge on any atom is 0.266 e. The molecule has 3 aromatic carbocycles. The van der Waals surface area contributed by atoms with E-state index < -0.39 is 5.91 Å². The van der Waals surface area contributed by atoms with Gasteiger partial charge in [0.2, 0.25) is 0 Å². The van der Waals surface area contributed by atoms with Gasteiger partial charge in [-0.25, -0.2) is 4.39 Å². The van der Waals surface area contributed by atoms with Crippen LogP contribution in [0.2, 0.25) is 0 Å². The van der Waals surface area contributed by atoms with E-state index >= 15 is 0 Å². The van der Waals surface area contributed by atoms with Crippen molar-refractivity contribution in [3.05, 3.63) is 87.7 Å². The van der Waals surface area contributed by atoms with Gasteiger partial charge < -0.3 is 19.5 Å². The maximum absolute atomic E-state index is 13.4. The number of carbonyl (C=O) groups excluding carboxylic acids is 1. The number of carbonyl (C=O) groups is 1. The summed E-state index contributed by atoms with van der Waals surface area (Å²) in [5.41, 5.74) is 1.63. The molecule has 6 nitrogen and oxygen atoms in total. The van der Waals surface area contributed by atoms with Crippen LogP contribution >= 0.6 is 15.9 Å². The van der Waals surface area contributed by atoms with Crippen molar-refractivity contribution in [2.24, 2.45) is 0 Å². The van der Waals surface area contributed by atoms with E-state index in [1.54, 1.807) is 48.5 Å². The number of nitriles is 1. The summed E-state index contributed by atoms with van der Waals surface area (Å²) in [6, 6.07) is 18.3. The number of rotatable bonds is 9. The summed E-state index contributed by atoms with van der Waals surface area (Å²) in [7, 11) is 1.48. The molecule has 1 amide bonds. The van der Waals surface area contributed by atoms with Gasteiger partial charge in [0.25, 0.3) is 5.91 Å². The molecule has 0 aliphatic carbocycles. The highest BCUT2D eigenvalue weighted by molar-refractivity contribution is 9.10. The summed E-state index contributed by atoms with van der Waals surface area (Å²) in [5.74, 6) is 0.515. The zero-order valence-corrected chi connectivity index (χ0v) is 20.2. The van der Waals surface area contributed by atoms with E-state index in [4.69, 9.17) is 14.2 Å². The average Bonchev–Trinajstić information content (AvgIpc) is 2.82. The molecule has 0 radical (unpaired) electrons. The number of amides is 1. The van der Waals surface area contributed by atoms with Crippen molar-refractivity contribution in [2.75, 3.05) is 19.0 Å². The molecule has 3 rings (SSSR count). The molecule has 3 aromatic rings. The predicted molar refractivity (Wildman–Crippen MR) is 131 cm³/mol. The first-order valence-corrected chi connectivity index (χ1v) is 11.1. The van der Waals surface area contributed by atoms with Crippen molar-refractivity contribution in [3.63, 3.8) is 0 Å². The van der Waals surface area contributed by atoms with E-state index in [-0.39, 0.29) is 18.0 Å². The molecule has 0 fully saturated rings. The normalized spacial score (nSPS) is 10.9. The Labute approximate surface area is 205 Å². The van der Waals surface area contributed by atoms with E-state index in [1.807, 2.05) is 13.0 Å². The van der Waals surface area contributed by atoms with Crippen LogP contribution in [0.5, 0.6) is 17.2 Å². The highest BCUT2D eigenvalue weighted by Gasteiger charge is 2.15. The molecule has 0 unspecified atom stereocenters. The largest absolute Gasteiger partial charge is 0.494 e. The minimum absolute atomic E-state index is 0.0933. The number of methoxy groups -OCH3 is 1. The number of ether oxygens (including phenoxy) is 3. The number of nitrogens with one attached hydrogen (secondary N) is 1. The van der Waals surface area contributed by atoms with Crippen molar-refractivity contribution in [1.82, 2.24) is 0 Å². The fraction of sp³-hybridized carbons (Fsp3) is 0.154. The van der Waals surface area contributed by atoms with Gasteiger partial charge in [-0.1, -0.05) is 18.2 Å². The number of anilines is 1. The first-order chi connectivity index (χ1) is 16.4. The highest BCUT2D eigenvalue weighted by Crippen LogP contribution is 2.38. The SMILES string of the molecule is CCOc1cccc(NC(=O)/C(C#N)=C\c2cc(Br)c(OCc3cccc(F)c3)c(OC)c2)c1. The van der Waals surface area contributed by atoms with Crippen molar-refractivity contribution < 1.29 is 23.4 Å². The summed E-state index contributed by atoms with van der Waals surface area (Å²) in [5, 5.41) is 12.3. The number of hydrogen-bond donors (Lipinski definition) is 1. The monoisotopic (exact) mass is 524 g/mol. The molecule has 0 spiro atoms. The van der Waals surface area contributed by atoms with Crippen molar-refractivity contribution in [1.29, 1.82) is 5.26 Å². The van der Waals surface area contributed by atoms with Gasteiger partial charge in [0.05, 0.1) is 18.2 Å². The second kappa shape index (κ2) is 11.9. The lowest BCUT2D eigenvalue weighted by atomic mass is 10.1. The van der Waals surface area contributed by atoms with Crippen LogP contribution in [0.1, 0.15) is 18.1 Å². The summed E-state index contributed by atoms with van der Waals surface area (Å²) in [6.07, 6.45) is 1.45. The number of halogens is 2. The zero-order chi connectivity index (χ0) is 24.5. The first-order valence-electron chi connectivity index (χ1n) is 10.3. The Morgan fingerprint density at radius 2 is 1.94 bits per heavy atom. The molecule has 0 bridgehead atoms. The molecule has 0 saturated carbocycles. The first kappa shape index (κ1) is 24.8. The number of benzene rings is 3. The van der Waals surface area contributed by atoms with Crippen molar-refractivity contribution >= 4 is 33.6 Å². The molecule has 0 aromatic heterocycles. The summed E-state index contributed by atoms with van der Waals surface area (Å²) in [6.45, 7) is 2.50. The molecule has 0 aliphatic rings. The standard InChI is InChI=1S/C26H22BrFN2O4/c1-3-33-22-9-5-8-21(14-22)30-26(31)19(15-29)10-18-12-23(27)25(24(13-18)32-2)34-16-17-6-4-7-20(28)11-17/h4-14H,3,16H2,1-2H3,(H,30,31)/b19-10-. The van der Waals surface area contributed by atoms with Gasteiger partial charge in [0.15, 0.2) is 11.5 Å². The van der Waals surface area contributed by atoms with Crippen LogP contribution in [0.3, 0.4) is 0 Å². The van der Waals surface area contributed by atoms with E-state index in [0.29, 0.717) is 45.1 Å². The highest BCUT2D eigenvalue weighted by atomic mass is 79.9. The number of hydrogen-bond acceptors (Lipinski definition) is 5. The molecule has 34 heavy (non-hydrogen) atoms. The third-order valence-electron chi connectivity index (χ3n) is 4.60. The van der Waals surface area contributed by atoms with Gasteiger partial charge in [-0.3, -0.25) is 4.79 Å². The van der Waals surface area contributed by atoms with Gasteiger partial charge in [-0.05, 0) is 76.5 Å². The Balaban J connectivity index is 1.80. The van der Waals surface area contributed by atoms with Crippen molar-refractivity contribution in [3.8, 4) is 23.3 Å². The minimum atomic E-state index is -0.558. The number of nitrogens with zero attached hydrogens (tertiary/aromatic N) is 1. The summed E-state index contributed by atoms with van der Waals surface area (Å²) >= 11 is 3.45. The Morgan fingerprint density at radius 1 is 1.15 bits per heavy atom. The third kappa shape index (κ3) is 6.59. The van der Waals surface area contributed by atoms with Crippen LogP contribution in [-0.4, -0.2) is 19.6 Å². The third-order valence-corrected chi connectivity index (χ3v) is 5.19. The predicted octanol–water partition coefficient (Wildman–Crippen LogP) is 6.12. The fourth-order valence-corrected chi connectivity index (χ4v) is 3.66. The lowest BCUT2D eigenvalue weighted by Gasteiger charge is -2.14. The Bertz CT molecular complexity index is 1250. The van der Waals surface area contributed by atoms with Gasteiger partial charge in [0.1, 0.15) is 29.8 Å². The molecule has 174 valence electrons. The smallest absolute Gasteiger partial charge is 0.266 e. The molecular formula is C26H22BrFN2O4.